The fourth-order valence-electron chi connectivity index (χ4n) is 3.43. The smallest absolute Gasteiger partial charge is 0.339 e. The second kappa shape index (κ2) is 6.72. The van der Waals surface area contributed by atoms with E-state index < -0.39 is 17.6 Å². The van der Waals surface area contributed by atoms with Crippen molar-refractivity contribution in [1.82, 2.24) is 4.98 Å². The summed E-state index contributed by atoms with van der Waals surface area (Å²) in [5.41, 5.74) is 2.25. The lowest BCUT2D eigenvalue weighted by Gasteiger charge is -2.21. The van der Waals surface area contributed by atoms with Crippen LogP contribution in [0.2, 0.25) is 0 Å². The first-order valence-electron chi connectivity index (χ1n) is 8.77. The van der Waals surface area contributed by atoms with Crippen molar-refractivity contribution in [2.24, 2.45) is 0 Å². The molecule has 6 heteroatoms. The molecule has 1 atom stereocenters. The van der Waals surface area contributed by atoms with Crippen molar-refractivity contribution in [3.05, 3.63) is 76.1 Å². The van der Waals surface area contributed by atoms with E-state index in [1.54, 1.807) is 36.1 Å². The number of carbonyl (C=O) groups is 2. The summed E-state index contributed by atoms with van der Waals surface area (Å²) in [5, 5.41) is 0.577. The molecule has 1 N–H and O–H groups in total. The molecule has 4 rings (SSSR count). The van der Waals surface area contributed by atoms with Crippen LogP contribution in [-0.4, -0.2) is 29.5 Å². The molecule has 0 bridgehead atoms. The van der Waals surface area contributed by atoms with Gasteiger partial charge in [0, 0.05) is 29.2 Å². The highest BCUT2D eigenvalue weighted by atomic mass is 16.5. The molecular weight excluding hydrogens is 344 g/mol. The average molecular weight is 362 g/mol. The molecule has 3 aromatic rings. The number of rotatable bonds is 3. The molecule has 0 radical (unpaired) electrons. The van der Waals surface area contributed by atoms with Gasteiger partial charge in [-0.25, -0.2) is 4.79 Å². The maximum atomic E-state index is 12.8. The Morgan fingerprint density at radius 2 is 1.85 bits per heavy atom. The largest absolute Gasteiger partial charge is 0.449 e. The monoisotopic (exact) mass is 362 g/mol. The second-order valence-corrected chi connectivity index (χ2v) is 6.51. The zero-order chi connectivity index (χ0) is 19.0. The van der Waals surface area contributed by atoms with E-state index in [4.69, 9.17) is 4.74 Å². The number of aromatic amines is 1. The molecule has 0 aliphatic carbocycles. The molecule has 27 heavy (non-hydrogen) atoms. The van der Waals surface area contributed by atoms with Gasteiger partial charge in [-0.05, 0) is 31.0 Å². The highest BCUT2D eigenvalue weighted by Gasteiger charge is 2.30. The summed E-state index contributed by atoms with van der Waals surface area (Å²) in [5.74, 6) is -0.965. The minimum absolute atomic E-state index is 0.149. The van der Waals surface area contributed by atoms with E-state index in [9.17, 15) is 14.4 Å². The topological polar surface area (TPSA) is 79.5 Å². The maximum absolute atomic E-state index is 12.8. The van der Waals surface area contributed by atoms with E-state index in [1.807, 2.05) is 24.3 Å². The van der Waals surface area contributed by atoms with Crippen molar-refractivity contribution < 1.29 is 14.3 Å². The summed E-state index contributed by atoms with van der Waals surface area (Å²) in [7, 11) is 0. The molecule has 136 valence electrons. The van der Waals surface area contributed by atoms with E-state index in [0.29, 0.717) is 17.4 Å². The summed E-state index contributed by atoms with van der Waals surface area (Å²) in [6.07, 6.45) is -0.178. The minimum Gasteiger partial charge on any atom is -0.449 e. The van der Waals surface area contributed by atoms with Crippen LogP contribution in [0.15, 0.2) is 59.4 Å². The van der Waals surface area contributed by atoms with Gasteiger partial charge in [-0.3, -0.25) is 9.59 Å². The second-order valence-electron chi connectivity index (χ2n) is 6.51. The first-order chi connectivity index (χ1) is 13.0. The number of esters is 1. The predicted molar refractivity (Wildman–Crippen MR) is 102 cm³/mol. The number of para-hydroxylation sites is 2. The maximum Gasteiger partial charge on any atom is 0.339 e. The van der Waals surface area contributed by atoms with E-state index in [0.717, 1.165) is 17.7 Å². The third-order valence-corrected chi connectivity index (χ3v) is 4.76. The number of H-pyrrole nitrogens is 1. The quantitative estimate of drug-likeness (QED) is 0.727. The number of carbonyl (C=O) groups excluding carboxylic acids is 2. The normalized spacial score (nSPS) is 14.0. The highest BCUT2D eigenvalue weighted by molar-refractivity contribution is 6.05. The Balaban J connectivity index is 1.57. The van der Waals surface area contributed by atoms with E-state index >= 15 is 0 Å². The molecular formula is C21H18N2O4. The Hall–Kier alpha value is -3.41. The number of fused-ring (bicyclic) bond motifs is 2. The number of amides is 1. The number of anilines is 1. The van der Waals surface area contributed by atoms with Crippen molar-refractivity contribution >= 4 is 28.5 Å². The van der Waals surface area contributed by atoms with Gasteiger partial charge in [0.05, 0.1) is 5.56 Å². The predicted octanol–water partition coefficient (Wildman–Crippen LogP) is 2.66. The van der Waals surface area contributed by atoms with Crippen LogP contribution in [-0.2, 0) is 16.0 Å². The fraction of sp³-hybridized carbons (Fsp3) is 0.190. The molecule has 1 aliphatic heterocycles. The number of nitrogens with zero attached hydrogens (tertiary/aromatic N) is 1. The number of pyridine rings is 1. The lowest BCUT2D eigenvalue weighted by molar-refractivity contribution is -0.126. The van der Waals surface area contributed by atoms with Gasteiger partial charge >= 0.3 is 5.97 Å². The van der Waals surface area contributed by atoms with Crippen molar-refractivity contribution in [2.75, 3.05) is 11.4 Å². The van der Waals surface area contributed by atoms with Gasteiger partial charge in [-0.1, -0.05) is 36.4 Å². The lowest BCUT2D eigenvalue weighted by atomic mass is 10.1. The van der Waals surface area contributed by atoms with Crippen LogP contribution < -0.4 is 10.5 Å². The van der Waals surface area contributed by atoms with Crippen molar-refractivity contribution in [3.63, 3.8) is 0 Å². The summed E-state index contributed by atoms with van der Waals surface area (Å²) in [4.78, 5) is 41.6. The Kier molecular flexibility index (Phi) is 4.24. The van der Waals surface area contributed by atoms with Gasteiger partial charge in [0.25, 0.3) is 5.91 Å². The molecule has 2 heterocycles. The van der Waals surface area contributed by atoms with Crippen molar-refractivity contribution in [1.29, 1.82) is 0 Å². The number of hydrogen-bond donors (Lipinski definition) is 1. The molecule has 1 aromatic heterocycles. The number of aromatic nitrogens is 1. The molecule has 1 aliphatic rings. The van der Waals surface area contributed by atoms with Crippen LogP contribution in [0, 0.1) is 0 Å². The molecule has 2 aromatic carbocycles. The standard InChI is InChI=1S/C21H18N2O4/c1-13(20(25)23-11-10-14-6-2-5-9-18(14)23)27-21(26)16-12-19(24)22-17-8-4-3-7-15(16)17/h2-9,12-13H,10-11H2,1H3,(H,22,24). The summed E-state index contributed by atoms with van der Waals surface area (Å²) in [6, 6.07) is 15.9. The molecule has 0 saturated heterocycles. The zero-order valence-corrected chi connectivity index (χ0v) is 14.8. The Morgan fingerprint density at radius 3 is 2.70 bits per heavy atom. The van der Waals surface area contributed by atoms with Crippen molar-refractivity contribution in [2.45, 2.75) is 19.4 Å². The van der Waals surface area contributed by atoms with Crippen molar-refractivity contribution in [3.8, 4) is 0 Å². The van der Waals surface area contributed by atoms with Gasteiger partial charge in [0.1, 0.15) is 0 Å². The molecule has 0 spiro atoms. The fourth-order valence-corrected chi connectivity index (χ4v) is 3.43. The molecule has 1 amide bonds. The Morgan fingerprint density at radius 1 is 1.11 bits per heavy atom. The third kappa shape index (κ3) is 3.10. The van der Waals surface area contributed by atoms with Gasteiger partial charge < -0.3 is 14.6 Å². The van der Waals surface area contributed by atoms with E-state index in [2.05, 4.69) is 4.98 Å². The number of hydrogen-bond acceptors (Lipinski definition) is 4. The summed E-state index contributed by atoms with van der Waals surface area (Å²) >= 11 is 0. The van der Waals surface area contributed by atoms with Gasteiger partial charge in [-0.2, -0.15) is 0 Å². The molecule has 0 fully saturated rings. The number of ether oxygens (including phenoxy) is 1. The SMILES string of the molecule is CC(OC(=O)c1cc(=O)[nH]c2ccccc12)C(=O)N1CCc2ccccc21. The highest BCUT2D eigenvalue weighted by Crippen LogP contribution is 2.28. The van der Waals surface area contributed by atoms with Crippen LogP contribution >= 0.6 is 0 Å². The van der Waals surface area contributed by atoms with Crippen LogP contribution in [0.5, 0.6) is 0 Å². The van der Waals surface area contributed by atoms with Crippen LogP contribution in [0.1, 0.15) is 22.8 Å². The van der Waals surface area contributed by atoms with Crippen LogP contribution in [0.4, 0.5) is 5.69 Å². The summed E-state index contributed by atoms with van der Waals surface area (Å²) < 4.78 is 5.41. The third-order valence-electron chi connectivity index (χ3n) is 4.76. The first-order valence-corrected chi connectivity index (χ1v) is 8.77. The molecule has 0 saturated carbocycles. The summed E-state index contributed by atoms with van der Waals surface area (Å²) in [6.45, 7) is 2.12. The van der Waals surface area contributed by atoms with Gasteiger partial charge in [-0.15, -0.1) is 0 Å². The zero-order valence-electron chi connectivity index (χ0n) is 14.8. The Labute approximate surface area is 155 Å². The van der Waals surface area contributed by atoms with E-state index in [1.165, 1.54) is 6.07 Å². The van der Waals surface area contributed by atoms with Crippen LogP contribution in [0.3, 0.4) is 0 Å². The average Bonchev–Trinajstić information content (AvgIpc) is 3.10. The first kappa shape index (κ1) is 17.0. The van der Waals surface area contributed by atoms with Crippen LogP contribution in [0.25, 0.3) is 10.9 Å². The van der Waals surface area contributed by atoms with E-state index in [-0.39, 0.29) is 11.5 Å². The number of benzene rings is 2. The molecule has 6 nitrogen and oxygen atoms in total. The number of nitrogens with one attached hydrogen (secondary N) is 1. The molecule has 1 unspecified atom stereocenters. The lowest BCUT2D eigenvalue weighted by Crippen LogP contribution is -2.39. The van der Waals surface area contributed by atoms with Gasteiger partial charge in [0.2, 0.25) is 5.56 Å². The van der Waals surface area contributed by atoms with Gasteiger partial charge in [0.15, 0.2) is 6.10 Å². The Bertz CT molecular complexity index is 1100. The minimum atomic E-state index is -0.957.